The maximum atomic E-state index is 10.5. The number of benzene rings is 2. The first-order chi connectivity index (χ1) is 19.3. The maximum absolute atomic E-state index is 10.5. The van der Waals surface area contributed by atoms with E-state index in [1.165, 1.54) is 69.2 Å². The molecule has 0 fully saturated rings. The third-order valence-electron chi connectivity index (χ3n) is 5.18. The molecular formula is C26H40O13S2. The van der Waals surface area contributed by atoms with E-state index in [-0.39, 0.29) is 9.79 Å². The molecule has 0 unspecified atom stereocenters. The molecule has 0 heterocycles. The van der Waals surface area contributed by atoms with E-state index in [4.69, 9.17) is 14.2 Å². The van der Waals surface area contributed by atoms with Gasteiger partial charge in [-0.3, -0.25) is 9.11 Å². The van der Waals surface area contributed by atoms with Gasteiger partial charge in [0.1, 0.15) is 0 Å². The lowest BCUT2D eigenvalue weighted by atomic mass is 10.1. The van der Waals surface area contributed by atoms with E-state index < -0.39 is 26.4 Å². The minimum absolute atomic E-state index is 0.0666. The van der Waals surface area contributed by atoms with E-state index in [1.807, 2.05) is 13.8 Å². The van der Waals surface area contributed by atoms with Crippen molar-refractivity contribution in [3.8, 4) is 0 Å². The summed E-state index contributed by atoms with van der Waals surface area (Å²) < 4.78 is 59.1. The van der Waals surface area contributed by atoms with E-state index in [2.05, 4.69) is 31.8 Å². The van der Waals surface area contributed by atoms with Gasteiger partial charge in [-0.05, 0) is 49.6 Å². The lowest BCUT2D eigenvalue weighted by Crippen LogP contribution is -2.04. The molecule has 0 atom stereocenters. The predicted molar refractivity (Wildman–Crippen MR) is 148 cm³/mol. The van der Waals surface area contributed by atoms with Crippen LogP contribution in [0.1, 0.15) is 75.8 Å². The topological polar surface area (TPSA) is 192 Å². The molecular weight excluding hydrogens is 584 g/mol. The molecule has 2 aromatic rings. The average Bonchev–Trinajstić information content (AvgIpc) is 2.89. The molecule has 2 rings (SSSR count). The van der Waals surface area contributed by atoms with Gasteiger partial charge in [-0.15, -0.1) is 0 Å². The van der Waals surface area contributed by atoms with E-state index in [9.17, 15) is 21.6 Å². The molecule has 0 aliphatic carbocycles. The lowest BCUT2D eigenvalue weighted by Gasteiger charge is -2.02. The van der Waals surface area contributed by atoms with Crippen LogP contribution >= 0.6 is 0 Å². The Labute approximate surface area is 241 Å². The highest BCUT2D eigenvalue weighted by Gasteiger charge is 2.07. The maximum Gasteiger partial charge on any atom is 0.540 e. The van der Waals surface area contributed by atoms with Crippen LogP contribution < -0.4 is 0 Å². The highest BCUT2D eigenvalue weighted by molar-refractivity contribution is 7.86. The van der Waals surface area contributed by atoms with Gasteiger partial charge in [-0.25, -0.2) is 14.6 Å². The Morgan fingerprint density at radius 1 is 0.634 bits per heavy atom. The lowest BCUT2D eigenvalue weighted by molar-refractivity contribution is -0.698. The zero-order valence-corrected chi connectivity index (χ0v) is 25.1. The quantitative estimate of drug-likeness (QED) is 0.0802. The average molecular weight is 625 g/mol. The van der Waals surface area contributed by atoms with E-state index >= 15 is 0 Å². The Kier molecular flexibility index (Phi) is 20.6. The zero-order valence-electron chi connectivity index (χ0n) is 23.4. The molecule has 13 nitrogen and oxygen atoms in total. The number of aryl methyl sites for hydroxylation is 2. The Hall–Kier alpha value is -2.63. The minimum atomic E-state index is -4.02. The molecule has 0 radical (unpaired) electrons. The van der Waals surface area contributed by atoms with Crippen molar-refractivity contribution < 1.29 is 60.7 Å². The number of rotatable bonds is 16. The van der Waals surface area contributed by atoms with Crippen LogP contribution in [0.25, 0.3) is 0 Å². The van der Waals surface area contributed by atoms with Gasteiger partial charge in [-0.1, -0.05) is 93.7 Å². The van der Waals surface area contributed by atoms with Crippen molar-refractivity contribution in [1.82, 2.24) is 0 Å². The van der Waals surface area contributed by atoms with Gasteiger partial charge in [0, 0.05) is 10.1 Å². The smallest absolute Gasteiger partial charge is 0.448 e. The van der Waals surface area contributed by atoms with Gasteiger partial charge in [0.25, 0.3) is 20.2 Å². The first kappa shape index (κ1) is 38.4. The minimum Gasteiger partial charge on any atom is -0.448 e. The fraction of sp³-hybridized carbons (Fsp3) is 0.500. The molecule has 3 N–H and O–H groups in total. The first-order valence-electron chi connectivity index (χ1n) is 12.9. The number of hydrogen-bond donors (Lipinski definition) is 3. The molecule has 2 aromatic carbocycles. The summed E-state index contributed by atoms with van der Waals surface area (Å²) in [5.74, 6) is 0. The normalized spacial score (nSPS) is 11.0. The predicted octanol–water partition coefficient (Wildman–Crippen LogP) is 6.42. The van der Waals surface area contributed by atoms with Crippen molar-refractivity contribution in [2.45, 2.75) is 88.3 Å². The van der Waals surface area contributed by atoms with Crippen LogP contribution in [0.15, 0.2) is 58.3 Å². The number of carbonyl (C=O) groups is 1. The van der Waals surface area contributed by atoms with Crippen LogP contribution in [0, 0.1) is 13.8 Å². The summed E-state index contributed by atoms with van der Waals surface area (Å²) in [6, 6.07) is 12.0. The highest BCUT2D eigenvalue weighted by Crippen LogP contribution is 2.10. The molecule has 0 saturated heterocycles. The standard InChI is InChI=1S/C12H24O7.2C7H8O3S/c1-2-3-4-5-6-7-8-9-10-11-15-17-19-18-16-12(13)14;2*1-6-2-4-7(5-3-6)11(8,9)10/h2-11H2,1H3,(H,13,14);2*2-5H,1H3,(H,8,9,10). The summed E-state index contributed by atoms with van der Waals surface area (Å²) in [4.78, 5) is 17.7. The molecule has 0 aromatic heterocycles. The van der Waals surface area contributed by atoms with E-state index in [0.717, 1.165) is 24.0 Å². The second-order valence-electron chi connectivity index (χ2n) is 8.78. The molecule has 0 aliphatic heterocycles. The van der Waals surface area contributed by atoms with Crippen LogP contribution in [0.2, 0.25) is 0 Å². The number of hydrogen-bond acceptors (Lipinski definition) is 10. The second-order valence-corrected chi connectivity index (χ2v) is 11.6. The second kappa shape index (κ2) is 22.0. The van der Waals surface area contributed by atoms with Gasteiger partial charge >= 0.3 is 6.16 Å². The Morgan fingerprint density at radius 3 is 1.39 bits per heavy atom. The summed E-state index contributed by atoms with van der Waals surface area (Å²) in [6.45, 7) is 6.25. The molecule has 0 bridgehead atoms. The van der Waals surface area contributed by atoms with Crippen LogP contribution in [0.5, 0.6) is 0 Å². The van der Waals surface area contributed by atoms with Crippen LogP contribution in [0.4, 0.5) is 4.79 Å². The summed E-state index contributed by atoms with van der Waals surface area (Å²) in [6.07, 6.45) is 9.25. The van der Waals surface area contributed by atoms with Gasteiger partial charge in [0.2, 0.25) is 0 Å². The van der Waals surface area contributed by atoms with Gasteiger partial charge in [-0.2, -0.15) is 16.8 Å². The fourth-order valence-corrected chi connectivity index (χ4v) is 3.96. The summed E-state index contributed by atoms with van der Waals surface area (Å²) in [7, 11) is -8.04. The molecule has 0 amide bonds. The van der Waals surface area contributed by atoms with Crippen molar-refractivity contribution in [2.75, 3.05) is 6.61 Å². The molecule has 234 valence electrons. The van der Waals surface area contributed by atoms with Crippen molar-refractivity contribution in [2.24, 2.45) is 0 Å². The van der Waals surface area contributed by atoms with Gasteiger partial charge in [0.15, 0.2) is 0 Å². The van der Waals surface area contributed by atoms with Crippen LogP contribution in [-0.2, 0) is 45.1 Å². The SMILES string of the molecule is CCCCCCCCCCCOOOOOC(=O)O.Cc1ccc(S(=O)(=O)O)cc1.Cc1ccc(S(=O)(=O)O)cc1. The summed E-state index contributed by atoms with van der Waals surface area (Å²) >= 11 is 0. The molecule has 15 heteroatoms. The third kappa shape index (κ3) is 22.7. The van der Waals surface area contributed by atoms with Crippen molar-refractivity contribution >= 4 is 26.4 Å². The van der Waals surface area contributed by atoms with Gasteiger partial charge in [0.05, 0.1) is 16.4 Å². The third-order valence-corrected chi connectivity index (χ3v) is 6.91. The first-order valence-corrected chi connectivity index (χ1v) is 15.8. The molecule has 0 spiro atoms. The number of carboxylic acid groups (broad SMARTS) is 1. The monoisotopic (exact) mass is 624 g/mol. The largest absolute Gasteiger partial charge is 0.540 e. The molecule has 0 aliphatic rings. The fourth-order valence-electron chi connectivity index (χ4n) is 3.00. The Morgan fingerprint density at radius 2 is 1.02 bits per heavy atom. The van der Waals surface area contributed by atoms with E-state index in [0.29, 0.717) is 6.61 Å². The number of unbranched alkanes of at least 4 members (excludes halogenated alkanes) is 8. The summed E-state index contributed by atoms with van der Waals surface area (Å²) in [5.41, 5.74) is 1.91. The molecule has 41 heavy (non-hydrogen) atoms. The van der Waals surface area contributed by atoms with Crippen molar-refractivity contribution in [3.05, 3.63) is 59.7 Å². The Balaban J connectivity index is 0.000000621. The van der Waals surface area contributed by atoms with Crippen molar-refractivity contribution in [3.63, 3.8) is 0 Å². The Bertz CT molecular complexity index is 1090. The zero-order chi connectivity index (χ0) is 31.2. The van der Waals surface area contributed by atoms with E-state index in [1.54, 1.807) is 24.3 Å². The van der Waals surface area contributed by atoms with Gasteiger partial charge < -0.3 is 5.11 Å². The van der Waals surface area contributed by atoms with Crippen molar-refractivity contribution in [1.29, 1.82) is 0 Å². The highest BCUT2D eigenvalue weighted by atomic mass is 32.2. The van der Waals surface area contributed by atoms with Crippen LogP contribution in [-0.4, -0.2) is 43.8 Å². The van der Waals surface area contributed by atoms with Crippen LogP contribution in [0.3, 0.4) is 0 Å². The molecule has 0 saturated carbocycles. The summed E-state index contributed by atoms with van der Waals surface area (Å²) in [5, 5.41) is 19.5.